The summed E-state index contributed by atoms with van der Waals surface area (Å²) in [6, 6.07) is 18.6. The van der Waals surface area contributed by atoms with Crippen LogP contribution in [-0.2, 0) is 9.53 Å². The predicted octanol–water partition coefficient (Wildman–Crippen LogP) is 4.30. The molecule has 0 aliphatic rings. The number of carbonyl (C=O) groups excluding carboxylic acids is 1. The zero-order chi connectivity index (χ0) is 13.4. The molecule has 0 spiro atoms. The number of halogens is 1. The molecule has 2 rings (SSSR count). The van der Waals surface area contributed by atoms with Crippen LogP contribution in [0.25, 0.3) is 11.1 Å². The minimum absolute atomic E-state index is 0.245. The summed E-state index contributed by atoms with van der Waals surface area (Å²) >= 11 is 3.53. The molecule has 0 aromatic heterocycles. The van der Waals surface area contributed by atoms with E-state index in [4.69, 9.17) is 0 Å². The lowest BCUT2D eigenvalue weighted by atomic mass is 10.1. The number of benzene rings is 2. The SMILES string of the molecule is Brc1ccccc1-c1ccccc1.COC(C)=O. The van der Waals surface area contributed by atoms with Gasteiger partial charge in [0.15, 0.2) is 0 Å². The first-order chi connectivity index (χ1) is 8.65. The summed E-state index contributed by atoms with van der Waals surface area (Å²) < 4.78 is 5.25. The van der Waals surface area contributed by atoms with Gasteiger partial charge in [0.25, 0.3) is 0 Å². The number of rotatable bonds is 1. The average Bonchev–Trinajstić information content (AvgIpc) is 2.41. The maximum Gasteiger partial charge on any atom is 0.302 e. The summed E-state index contributed by atoms with van der Waals surface area (Å²) in [5, 5.41) is 0. The fourth-order valence-electron chi connectivity index (χ4n) is 1.31. The molecule has 0 saturated carbocycles. The van der Waals surface area contributed by atoms with Gasteiger partial charge in [-0.25, -0.2) is 0 Å². The van der Waals surface area contributed by atoms with E-state index in [1.54, 1.807) is 0 Å². The number of esters is 1. The Balaban J connectivity index is 0.000000280. The largest absolute Gasteiger partial charge is 0.469 e. The van der Waals surface area contributed by atoms with Gasteiger partial charge in [-0.2, -0.15) is 0 Å². The van der Waals surface area contributed by atoms with Crippen molar-refractivity contribution in [3.8, 4) is 11.1 Å². The van der Waals surface area contributed by atoms with Crippen molar-refractivity contribution in [1.82, 2.24) is 0 Å². The Kier molecular flexibility index (Phi) is 6.15. The summed E-state index contributed by atoms with van der Waals surface area (Å²) in [6.45, 7) is 1.36. The Hall–Kier alpha value is -1.61. The predicted molar refractivity (Wildman–Crippen MR) is 77.3 cm³/mol. The fourth-order valence-corrected chi connectivity index (χ4v) is 1.83. The molecule has 0 radical (unpaired) electrons. The first-order valence-corrected chi connectivity index (χ1v) is 6.29. The highest BCUT2D eigenvalue weighted by molar-refractivity contribution is 9.10. The molecule has 0 atom stereocenters. The number of hydrogen-bond donors (Lipinski definition) is 0. The van der Waals surface area contributed by atoms with Gasteiger partial charge in [-0.15, -0.1) is 0 Å². The standard InChI is InChI=1S/C12H9Br.C3H6O2/c13-12-9-5-4-8-11(12)10-6-2-1-3-7-10;1-3(4)5-2/h1-9H;1-2H3. The van der Waals surface area contributed by atoms with Gasteiger partial charge < -0.3 is 4.74 Å². The third-order valence-corrected chi connectivity index (χ3v) is 2.94. The quantitative estimate of drug-likeness (QED) is 0.734. The van der Waals surface area contributed by atoms with Crippen molar-refractivity contribution >= 4 is 21.9 Å². The van der Waals surface area contributed by atoms with Crippen molar-refractivity contribution in [3.63, 3.8) is 0 Å². The lowest BCUT2D eigenvalue weighted by Gasteiger charge is -2.02. The lowest BCUT2D eigenvalue weighted by Crippen LogP contribution is -1.88. The highest BCUT2D eigenvalue weighted by Crippen LogP contribution is 2.27. The molecule has 0 fully saturated rings. The van der Waals surface area contributed by atoms with Gasteiger partial charge in [0.1, 0.15) is 0 Å². The first-order valence-electron chi connectivity index (χ1n) is 5.49. The highest BCUT2D eigenvalue weighted by atomic mass is 79.9. The van der Waals surface area contributed by atoms with E-state index in [9.17, 15) is 4.79 Å². The van der Waals surface area contributed by atoms with Crippen LogP contribution >= 0.6 is 15.9 Å². The Morgan fingerprint density at radius 3 is 2.00 bits per heavy atom. The normalized spacial score (nSPS) is 9.06. The van der Waals surface area contributed by atoms with E-state index in [1.807, 2.05) is 18.2 Å². The molecule has 0 aliphatic heterocycles. The van der Waals surface area contributed by atoms with Crippen molar-refractivity contribution in [3.05, 3.63) is 59.1 Å². The van der Waals surface area contributed by atoms with E-state index in [0.29, 0.717) is 0 Å². The third kappa shape index (κ3) is 4.72. The Morgan fingerprint density at radius 2 is 1.50 bits per heavy atom. The zero-order valence-corrected chi connectivity index (χ0v) is 12.0. The van der Waals surface area contributed by atoms with Gasteiger partial charge in [-0.05, 0) is 17.2 Å². The molecule has 0 N–H and O–H groups in total. The smallest absolute Gasteiger partial charge is 0.302 e. The average molecular weight is 307 g/mol. The van der Waals surface area contributed by atoms with Crippen LogP contribution < -0.4 is 0 Å². The Bertz CT molecular complexity index is 495. The van der Waals surface area contributed by atoms with Crippen molar-refractivity contribution < 1.29 is 9.53 Å². The summed E-state index contributed by atoms with van der Waals surface area (Å²) in [4.78, 5) is 9.59. The van der Waals surface area contributed by atoms with Crippen LogP contribution in [0.1, 0.15) is 6.92 Å². The van der Waals surface area contributed by atoms with Crippen molar-refractivity contribution in [2.75, 3.05) is 7.11 Å². The summed E-state index contributed by atoms with van der Waals surface area (Å²) in [5.74, 6) is -0.245. The topological polar surface area (TPSA) is 26.3 Å². The van der Waals surface area contributed by atoms with Crippen LogP contribution in [0.15, 0.2) is 59.1 Å². The lowest BCUT2D eigenvalue weighted by molar-refractivity contribution is -0.137. The van der Waals surface area contributed by atoms with Crippen LogP contribution in [0.2, 0.25) is 0 Å². The molecule has 2 nitrogen and oxygen atoms in total. The van der Waals surface area contributed by atoms with Gasteiger partial charge in [0, 0.05) is 11.4 Å². The zero-order valence-electron chi connectivity index (χ0n) is 10.4. The molecule has 0 aliphatic carbocycles. The second kappa shape index (κ2) is 7.67. The number of carbonyl (C=O) groups is 1. The van der Waals surface area contributed by atoms with Gasteiger partial charge in [0.2, 0.25) is 0 Å². The van der Waals surface area contributed by atoms with Crippen LogP contribution in [0.5, 0.6) is 0 Å². The van der Waals surface area contributed by atoms with E-state index < -0.39 is 0 Å². The van der Waals surface area contributed by atoms with Crippen LogP contribution in [0, 0.1) is 0 Å². The van der Waals surface area contributed by atoms with Crippen LogP contribution in [-0.4, -0.2) is 13.1 Å². The second-order valence-electron chi connectivity index (χ2n) is 3.54. The van der Waals surface area contributed by atoms with Crippen LogP contribution in [0.4, 0.5) is 0 Å². The number of ether oxygens (including phenoxy) is 1. The molecule has 0 heterocycles. The van der Waals surface area contributed by atoms with Gasteiger partial charge in [-0.1, -0.05) is 64.5 Å². The maximum atomic E-state index is 9.59. The van der Waals surface area contributed by atoms with E-state index >= 15 is 0 Å². The molecule has 2 aromatic rings. The molecule has 0 saturated heterocycles. The summed E-state index contributed by atoms with van der Waals surface area (Å²) in [6.07, 6.45) is 0. The fraction of sp³-hybridized carbons (Fsp3) is 0.133. The first kappa shape index (κ1) is 14.5. The molecular weight excluding hydrogens is 292 g/mol. The molecule has 3 heteroatoms. The van der Waals surface area contributed by atoms with Crippen LogP contribution in [0.3, 0.4) is 0 Å². The minimum Gasteiger partial charge on any atom is -0.469 e. The summed E-state index contributed by atoms with van der Waals surface area (Å²) in [5.41, 5.74) is 2.48. The molecule has 0 unspecified atom stereocenters. The number of hydrogen-bond acceptors (Lipinski definition) is 2. The van der Waals surface area contributed by atoms with Gasteiger partial charge in [0.05, 0.1) is 7.11 Å². The third-order valence-electron chi connectivity index (χ3n) is 2.25. The van der Waals surface area contributed by atoms with E-state index in [0.717, 1.165) is 4.47 Å². The Morgan fingerprint density at radius 1 is 1.00 bits per heavy atom. The van der Waals surface area contributed by atoms with Crippen molar-refractivity contribution in [1.29, 1.82) is 0 Å². The maximum absolute atomic E-state index is 9.59. The molecule has 18 heavy (non-hydrogen) atoms. The molecule has 0 amide bonds. The molecule has 2 aromatic carbocycles. The molecular formula is C15H15BrO2. The second-order valence-corrected chi connectivity index (χ2v) is 4.40. The van der Waals surface area contributed by atoms with Crippen molar-refractivity contribution in [2.24, 2.45) is 0 Å². The summed E-state index contributed by atoms with van der Waals surface area (Å²) in [7, 11) is 1.35. The molecule has 0 bridgehead atoms. The van der Waals surface area contributed by atoms with Gasteiger partial charge >= 0.3 is 5.97 Å². The Labute approximate surface area is 116 Å². The van der Waals surface area contributed by atoms with Gasteiger partial charge in [-0.3, -0.25) is 4.79 Å². The molecule has 94 valence electrons. The van der Waals surface area contributed by atoms with E-state index in [1.165, 1.54) is 25.2 Å². The minimum atomic E-state index is -0.245. The number of methoxy groups -OCH3 is 1. The highest BCUT2D eigenvalue weighted by Gasteiger charge is 1.99. The van der Waals surface area contributed by atoms with E-state index in [-0.39, 0.29) is 5.97 Å². The monoisotopic (exact) mass is 306 g/mol. The van der Waals surface area contributed by atoms with Crippen molar-refractivity contribution in [2.45, 2.75) is 6.92 Å². The van der Waals surface area contributed by atoms with E-state index in [2.05, 4.69) is 57.1 Å².